The Hall–Kier alpha value is -1.34. The molecule has 3 fully saturated rings. The first-order valence-electron chi connectivity index (χ1n) is 9.13. The summed E-state index contributed by atoms with van der Waals surface area (Å²) in [5.74, 6) is 0.616. The van der Waals surface area contributed by atoms with Crippen LogP contribution in [0.25, 0.3) is 0 Å². The molecule has 2 saturated heterocycles. The van der Waals surface area contributed by atoms with Crippen LogP contribution in [-0.2, 0) is 6.18 Å². The predicted octanol–water partition coefficient (Wildman–Crippen LogP) is 2.77. The normalized spacial score (nSPS) is 33.7. The molecule has 138 valence electrons. The van der Waals surface area contributed by atoms with Gasteiger partial charge in [0.2, 0.25) is 0 Å². The SMILES string of the molecule is O[C@@H]1C[C@H]2CN(c3ncccc3C(F)(F)F)C[C@H]2C[C@H]1N1CCCC1. The summed E-state index contributed by atoms with van der Waals surface area (Å²) in [6.45, 7) is 3.21. The van der Waals surface area contributed by atoms with Crippen LogP contribution in [0.15, 0.2) is 18.3 Å². The van der Waals surface area contributed by atoms with E-state index < -0.39 is 11.7 Å². The zero-order valence-electron chi connectivity index (χ0n) is 14.1. The minimum atomic E-state index is -4.39. The van der Waals surface area contributed by atoms with Crippen LogP contribution in [0, 0.1) is 11.8 Å². The zero-order valence-corrected chi connectivity index (χ0v) is 14.1. The van der Waals surface area contributed by atoms with Crippen molar-refractivity contribution in [3.05, 3.63) is 23.9 Å². The second-order valence-electron chi connectivity index (χ2n) is 7.65. The van der Waals surface area contributed by atoms with Gasteiger partial charge in [0.15, 0.2) is 0 Å². The quantitative estimate of drug-likeness (QED) is 0.886. The number of hydrogen-bond donors (Lipinski definition) is 1. The number of fused-ring (bicyclic) bond motifs is 1. The molecule has 0 spiro atoms. The van der Waals surface area contributed by atoms with E-state index in [-0.39, 0.29) is 23.9 Å². The number of rotatable bonds is 2. The van der Waals surface area contributed by atoms with Crippen LogP contribution in [0.2, 0.25) is 0 Å². The van der Waals surface area contributed by atoms with Crippen molar-refractivity contribution in [2.45, 2.75) is 44.0 Å². The fraction of sp³-hybridized carbons (Fsp3) is 0.722. The van der Waals surface area contributed by atoms with Gasteiger partial charge in [-0.25, -0.2) is 4.98 Å². The number of aliphatic hydroxyl groups excluding tert-OH is 1. The number of aromatic nitrogens is 1. The van der Waals surface area contributed by atoms with Crippen molar-refractivity contribution in [2.75, 3.05) is 31.1 Å². The number of aliphatic hydroxyl groups is 1. The van der Waals surface area contributed by atoms with Gasteiger partial charge in [-0.15, -0.1) is 0 Å². The molecule has 1 aromatic heterocycles. The van der Waals surface area contributed by atoms with Gasteiger partial charge in [0.05, 0.1) is 11.7 Å². The van der Waals surface area contributed by atoms with Gasteiger partial charge in [0, 0.05) is 25.3 Å². The molecule has 4 atom stereocenters. The highest BCUT2D eigenvalue weighted by atomic mass is 19.4. The number of likely N-dealkylation sites (tertiary alicyclic amines) is 1. The first-order valence-corrected chi connectivity index (χ1v) is 9.13. The summed E-state index contributed by atoms with van der Waals surface area (Å²) in [4.78, 5) is 8.18. The standard InChI is InChI=1S/C18H24F3N3O/c19-18(20,21)14-4-3-5-22-17(14)24-10-12-8-15(23-6-1-2-7-23)16(25)9-13(12)11-24/h3-5,12-13,15-16,25H,1-2,6-11H2/t12-,13+,15-,16-/m1/s1. The molecule has 0 unspecified atom stereocenters. The molecule has 1 aliphatic carbocycles. The Kier molecular flexibility index (Phi) is 4.40. The maximum atomic E-state index is 13.3. The molecule has 3 aliphatic rings. The predicted molar refractivity (Wildman–Crippen MR) is 88.3 cm³/mol. The largest absolute Gasteiger partial charge is 0.419 e. The fourth-order valence-corrected chi connectivity index (χ4v) is 4.92. The molecule has 0 aromatic carbocycles. The average molecular weight is 355 g/mol. The second-order valence-corrected chi connectivity index (χ2v) is 7.65. The maximum absolute atomic E-state index is 13.3. The first kappa shape index (κ1) is 17.1. The van der Waals surface area contributed by atoms with Crippen LogP contribution < -0.4 is 4.90 Å². The Morgan fingerprint density at radius 2 is 1.76 bits per heavy atom. The molecule has 1 N–H and O–H groups in total. The van der Waals surface area contributed by atoms with Crippen molar-refractivity contribution >= 4 is 5.82 Å². The Balaban J connectivity index is 1.52. The topological polar surface area (TPSA) is 39.6 Å². The van der Waals surface area contributed by atoms with Crippen molar-refractivity contribution in [2.24, 2.45) is 11.8 Å². The lowest BCUT2D eigenvalue weighted by Gasteiger charge is -2.40. The number of hydrogen-bond acceptors (Lipinski definition) is 4. The molecule has 3 heterocycles. The van der Waals surface area contributed by atoms with Crippen molar-refractivity contribution in [3.8, 4) is 0 Å². The number of nitrogens with zero attached hydrogens (tertiary/aromatic N) is 3. The third kappa shape index (κ3) is 3.24. The highest BCUT2D eigenvalue weighted by molar-refractivity contribution is 5.49. The van der Waals surface area contributed by atoms with E-state index in [1.165, 1.54) is 25.1 Å². The van der Waals surface area contributed by atoms with Crippen LogP contribution in [-0.4, -0.2) is 53.3 Å². The number of anilines is 1. The van der Waals surface area contributed by atoms with Gasteiger partial charge < -0.3 is 10.0 Å². The molecule has 7 heteroatoms. The number of pyridine rings is 1. The second kappa shape index (κ2) is 6.43. The maximum Gasteiger partial charge on any atom is 0.419 e. The number of alkyl halides is 3. The third-order valence-corrected chi connectivity index (χ3v) is 6.11. The average Bonchev–Trinajstić information content (AvgIpc) is 3.22. The molecule has 0 bridgehead atoms. The smallest absolute Gasteiger partial charge is 0.391 e. The van der Waals surface area contributed by atoms with E-state index in [1.54, 1.807) is 4.90 Å². The molecule has 2 aliphatic heterocycles. The molecule has 4 rings (SSSR count). The van der Waals surface area contributed by atoms with Gasteiger partial charge in [-0.05, 0) is 62.7 Å². The van der Waals surface area contributed by atoms with Crippen LogP contribution >= 0.6 is 0 Å². The fourth-order valence-electron chi connectivity index (χ4n) is 4.92. The van der Waals surface area contributed by atoms with Crippen LogP contribution in [0.3, 0.4) is 0 Å². The van der Waals surface area contributed by atoms with Gasteiger partial charge in [-0.3, -0.25) is 4.90 Å². The van der Waals surface area contributed by atoms with Gasteiger partial charge in [0.25, 0.3) is 0 Å². The Morgan fingerprint density at radius 1 is 1.08 bits per heavy atom. The van der Waals surface area contributed by atoms with Crippen LogP contribution in [0.1, 0.15) is 31.2 Å². The minimum absolute atomic E-state index is 0.0385. The van der Waals surface area contributed by atoms with Gasteiger partial charge >= 0.3 is 6.18 Å². The van der Waals surface area contributed by atoms with Crippen molar-refractivity contribution in [1.29, 1.82) is 0 Å². The lowest BCUT2D eigenvalue weighted by atomic mass is 9.77. The van der Waals surface area contributed by atoms with E-state index in [9.17, 15) is 18.3 Å². The van der Waals surface area contributed by atoms with Gasteiger partial charge in [-0.1, -0.05) is 0 Å². The van der Waals surface area contributed by atoms with Crippen molar-refractivity contribution in [1.82, 2.24) is 9.88 Å². The monoisotopic (exact) mass is 355 g/mol. The van der Waals surface area contributed by atoms with E-state index in [2.05, 4.69) is 9.88 Å². The summed E-state index contributed by atoms with van der Waals surface area (Å²) in [5.41, 5.74) is -0.662. The highest BCUT2D eigenvalue weighted by Crippen LogP contribution is 2.43. The molecule has 0 amide bonds. The van der Waals surface area contributed by atoms with E-state index in [1.807, 2.05) is 0 Å². The molecular formula is C18H24F3N3O. The van der Waals surface area contributed by atoms with Gasteiger partial charge in [0.1, 0.15) is 5.82 Å². The first-order chi connectivity index (χ1) is 11.9. The molecule has 1 aromatic rings. The van der Waals surface area contributed by atoms with E-state index in [0.717, 1.165) is 25.6 Å². The summed E-state index contributed by atoms with van der Waals surface area (Å²) < 4.78 is 39.9. The summed E-state index contributed by atoms with van der Waals surface area (Å²) in [5, 5.41) is 10.6. The van der Waals surface area contributed by atoms with Crippen molar-refractivity contribution in [3.63, 3.8) is 0 Å². The molecule has 25 heavy (non-hydrogen) atoms. The lowest BCUT2D eigenvalue weighted by molar-refractivity contribution is -0.137. The highest BCUT2D eigenvalue weighted by Gasteiger charge is 2.45. The Labute approximate surface area is 145 Å². The van der Waals surface area contributed by atoms with Gasteiger partial charge in [-0.2, -0.15) is 13.2 Å². The zero-order chi connectivity index (χ0) is 17.6. The number of halogens is 3. The van der Waals surface area contributed by atoms with E-state index >= 15 is 0 Å². The van der Waals surface area contributed by atoms with Crippen molar-refractivity contribution < 1.29 is 18.3 Å². The Morgan fingerprint density at radius 3 is 2.44 bits per heavy atom. The summed E-state index contributed by atoms with van der Waals surface area (Å²) in [6.07, 6.45) is 0.555. The summed E-state index contributed by atoms with van der Waals surface area (Å²) in [7, 11) is 0. The molecule has 4 nitrogen and oxygen atoms in total. The molecule has 0 radical (unpaired) electrons. The summed E-state index contributed by atoms with van der Waals surface area (Å²) in [6, 6.07) is 2.60. The summed E-state index contributed by atoms with van der Waals surface area (Å²) >= 11 is 0. The Bertz CT molecular complexity index is 618. The van der Waals surface area contributed by atoms with Crippen LogP contribution in [0.5, 0.6) is 0 Å². The van der Waals surface area contributed by atoms with Crippen LogP contribution in [0.4, 0.5) is 19.0 Å². The lowest BCUT2D eigenvalue weighted by Crippen LogP contribution is -2.48. The molecular weight excluding hydrogens is 331 g/mol. The molecule has 1 saturated carbocycles. The van der Waals surface area contributed by atoms with E-state index in [0.29, 0.717) is 25.4 Å². The minimum Gasteiger partial charge on any atom is -0.391 e. The third-order valence-electron chi connectivity index (χ3n) is 6.11. The van der Waals surface area contributed by atoms with E-state index in [4.69, 9.17) is 0 Å².